The lowest BCUT2D eigenvalue weighted by Gasteiger charge is -2.21. The molecular formula is C13H21N3O2. The topological polar surface area (TPSA) is 67.2 Å². The van der Waals surface area contributed by atoms with Crippen LogP contribution in [0.5, 0.6) is 0 Å². The minimum absolute atomic E-state index is 0.0211. The fourth-order valence-electron chi connectivity index (χ4n) is 2.23. The fourth-order valence-corrected chi connectivity index (χ4v) is 2.23. The second-order valence-electron chi connectivity index (χ2n) is 5.00. The second kappa shape index (κ2) is 6.00. The number of amides is 1. The van der Waals surface area contributed by atoms with E-state index in [9.17, 15) is 4.79 Å². The number of anilines is 1. The first kappa shape index (κ1) is 13.1. The van der Waals surface area contributed by atoms with Gasteiger partial charge in [0.05, 0.1) is 5.69 Å². The van der Waals surface area contributed by atoms with E-state index in [2.05, 4.69) is 15.8 Å². The molecule has 0 spiro atoms. The number of hydrogen-bond donors (Lipinski definition) is 2. The standard InChI is InChI=1S/C13H21N3O2/c1-9-10(2)16-18-13(9)15-12(17)4-3-11-5-7-14-8-6-11/h11,14H,3-8H2,1-2H3,(H,15,17). The number of aryl methyl sites for hydroxylation is 1. The molecule has 2 rings (SSSR count). The average molecular weight is 251 g/mol. The molecule has 0 bridgehead atoms. The second-order valence-corrected chi connectivity index (χ2v) is 5.00. The average Bonchev–Trinajstić information content (AvgIpc) is 2.70. The molecule has 1 saturated heterocycles. The Balaban J connectivity index is 1.76. The van der Waals surface area contributed by atoms with Gasteiger partial charge in [0.1, 0.15) is 0 Å². The van der Waals surface area contributed by atoms with Gasteiger partial charge in [0.2, 0.25) is 11.8 Å². The molecule has 1 fully saturated rings. The normalized spacial score (nSPS) is 16.8. The van der Waals surface area contributed by atoms with Crippen molar-refractivity contribution >= 4 is 11.8 Å². The lowest BCUT2D eigenvalue weighted by molar-refractivity contribution is -0.116. The lowest BCUT2D eigenvalue weighted by atomic mass is 9.93. The molecule has 0 aromatic carbocycles. The van der Waals surface area contributed by atoms with E-state index in [4.69, 9.17) is 4.52 Å². The lowest BCUT2D eigenvalue weighted by Crippen LogP contribution is -2.28. The van der Waals surface area contributed by atoms with Crippen molar-refractivity contribution in [3.63, 3.8) is 0 Å². The smallest absolute Gasteiger partial charge is 0.234 e. The van der Waals surface area contributed by atoms with Crippen molar-refractivity contribution in [1.29, 1.82) is 0 Å². The molecule has 0 saturated carbocycles. The van der Waals surface area contributed by atoms with E-state index in [1.54, 1.807) is 0 Å². The van der Waals surface area contributed by atoms with E-state index < -0.39 is 0 Å². The summed E-state index contributed by atoms with van der Waals surface area (Å²) < 4.78 is 5.07. The summed E-state index contributed by atoms with van der Waals surface area (Å²) in [7, 11) is 0. The number of hydrogen-bond acceptors (Lipinski definition) is 4. The molecule has 1 aliphatic rings. The minimum Gasteiger partial charge on any atom is -0.338 e. The number of rotatable bonds is 4. The maximum absolute atomic E-state index is 11.8. The first-order chi connectivity index (χ1) is 8.66. The van der Waals surface area contributed by atoms with Gasteiger partial charge in [-0.25, -0.2) is 0 Å². The third-order valence-electron chi connectivity index (χ3n) is 3.65. The number of aromatic nitrogens is 1. The summed E-state index contributed by atoms with van der Waals surface area (Å²) in [6.45, 7) is 5.91. The molecule has 100 valence electrons. The summed E-state index contributed by atoms with van der Waals surface area (Å²) in [6, 6.07) is 0. The molecule has 2 heterocycles. The Bertz CT molecular complexity index is 408. The zero-order valence-corrected chi connectivity index (χ0v) is 11.1. The third-order valence-corrected chi connectivity index (χ3v) is 3.65. The van der Waals surface area contributed by atoms with E-state index in [0.717, 1.165) is 30.8 Å². The summed E-state index contributed by atoms with van der Waals surface area (Å²) in [5, 5.41) is 9.94. The van der Waals surface area contributed by atoms with Crippen molar-refractivity contribution in [3.05, 3.63) is 11.3 Å². The van der Waals surface area contributed by atoms with Gasteiger partial charge in [-0.2, -0.15) is 0 Å². The Morgan fingerprint density at radius 3 is 2.78 bits per heavy atom. The van der Waals surface area contributed by atoms with Crippen LogP contribution in [-0.4, -0.2) is 24.2 Å². The van der Waals surface area contributed by atoms with Crippen LogP contribution in [-0.2, 0) is 4.79 Å². The number of carbonyl (C=O) groups excluding carboxylic acids is 1. The Kier molecular flexibility index (Phi) is 4.36. The van der Waals surface area contributed by atoms with Gasteiger partial charge in [0.25, 0.3) is 0 Å². The highest BCUT2D eigenvalue weighted by Gasteiger charge is 2.16. The van der Waals surface area contributed by atoms with Gasteiger partial charge < -0.3 is 9.84 Å². The first-order valence-corrected chi connectivity index (χ1v) is 6.60. The van der Waals surface area contributed by atoms with Gasteiger partial charge in [-0.15, -0.1) is 0 Å². The predicted molar refractivity (Wildman–Crippen MR) is 69.4 cm³/mol. The largest absolute Gasteiger partial charge is 0.338 e. The van der Waals surface area contributed by atoms with Crippen LogP contribution in [0.2, 0.25) is 0 Å². The van der Waals surface area contributed by atoms with Crippen molar-refractivity contribution in [3.8, 4) is 0 Å². The van der Waals surface area contributed by atoms with Gasteiger partial charge in [-0.1, -0.05) is 5.16 Å². The van der Waals surface area contributed by atoms with Gasteiger partial charge >= 0.3 is 0 Å². The van der Waals surface area contributed by atoms with E-state index in [0.29, 0.717) is 18.2 Å². The van der Waals surface area contributed by atoms with E-state index >= 15 is 0 Å². The van der Waals surface area contributed by atoms with Gasteiger partial charge in [0, 0.05) is 12.0 Å². The highest BCUT2D eigenvalue weighted by molar-refractivity contribution is 5.89. The van der Waals surface area contributed by atoms with Crippen LogP contribution in [0, 0.1) is 19.8 Å². The monoisotopic (exact) mass is 251 g/mol. The van der Waals surface area contributed by atoms with Gasteiger partial charge in [0.15, 0.2) is 0 Å². The van der Waals surface area contributed by atoms with E-state index in [1.165, 1.54) is 12.8 Å². The molecule has 2 N–H and O–H groups in total. The Morgan fingerprint density at radius 1 is 1.44 bits per heavy atom. The van der Waals surface area contributed by atoms with Crippen LogP contribution >= 0.6 is 0 Å². The summed E-state index contributed by atoms with van der Waals surface area (Å²) in [6.07, 6.45) is 3.87. The fraction of sp³-hybridized carbons (Fsp3) is 0.692. The van der Waals surface area contributed by atoms with Crippen molar-refractivity contribution in [1.82, 2.24) is 10.5 Å². The zero-order chi connectivity index (χ0) is 13.0. The Labute approximate surface area is 107 Å². The first-order valence-electron chi connectivity index (χ1n) is 6.60. The van der Waals surface area contributed by atoms with Crippen molar-refractivity contribution in [2.24, 2.45) is 5.92 Å². The summed E-state index contributed by atoms with van der Waals surface area (Å²) in [5.41, 5.74) is 1.73. The molecule has 0 aliphatic carbocycles. The number of carbonyl (C=O) groups is 1. The van der Waals surface area contributed by atoms with Crippen molar-refractivity contribution in [2.75, 3.05) is 18.4 Å². The highest BCUT2D eigenvalue weighted by atomic mass is 16.5. The molecule has 0 atom stereocenters. The number of piperidine rings is 1. The molecule has 18 heavy (non-hydrogen) atoms. The van der Waals surface area contributed by atoms with Crippen LogP contribution in [0.15, 0.2) is 4.52 Å². The summed E-state index contributed by atoms with van der Waals surface area (Å²) in [5.74, 6) is 1.19. The van der Waals surface area contributed by atoms with Crippen LogP contribution in [0.4, 0.5) is 5.88 Å². The van der Waals surface area contributed by atoms with E-state index in [1.807, 2.05) is 13.8 Å². The molecule has 0 radical (unpaired) electrons. The summed E-state index contributed by atoms with van der Waals surface area (Å²) in [4.78, 5) is 11.8. The highest BCUT2D eigenvalue weighted by Crippen LogP contribution is 2.20. The number of nitrogens with zero attached hydrogens (tertiary/aromatic N) is 1. The summed E-state index contributed by atoms with van der Waals surface area (Å²) >= 11 is 0. The van der Waals surface area contributed by atoms with Crippen LogP contribution < -0.4 is 10.6 Å². The zero-order valence-electron chi connectivity index (χ0n) is 11.1. The van der Waals surface area contributed by atoms with Crippen molar-refractivity contribution in [2.45, 2.75) is 39.5 Å². The maximum Gasteiger partial charge on any atom is 0.234 e. The number of nitrogens with one attached hydrogen (secondary N) is 2. The molecule has 5 heteroatoms. The van der Waals surface area contributed by atoms with Crippen LogP contribution in [0.1, 0.15) is 36.9 Å². The molecule has 1 aliphatic heterocycles. The quantitative estimate of drug-likeness (QED) is 0.859. The predicted octanol–water partition coefficient (Wildman–Crippen LogP) is 2.01. The minimum atomic E-state index is 0.0211. The molecule has 1 aromatic heterocycles. The molecule has 5 nitrogen and oxygen atoms in total. The van der Waals surface area contributed by atoms with Crippen molar-refractivity contribution < 1.29 is 9.32 Å². The molecule has 1 amide bonds. The van der Waals surface area contributed by atoms with Crippen LogP contribution in [0.3, 0.4) is 0 Å². The van der Waals surface area contributed by atoms with Crippen LogP contribution in [0.25, 0.3) is 0 Å². The Morgan fingerprint density at radius 2 is 2.17 bits per heavy atom. The molecular weight excluding hydrogens is 230 g/mol. The molecule has 1 aromatic rings. The molecule has 0 unspecified atom stereocenters. The van der Waals surface area contributed by atoms with Gasteiger partial charge in [-0.3, -0.25) is 10.1 Å². The van der Waals surface area contributed by atoms with E-state index in [-0.39, 0.29) is 5.91 Å². The SMILES string of the molecule is Cc1noc(NC(=O)CCC2CCNCC2)c1C. The maximum atomic E-state index is 11.8. The van der Waals surface area contributed by atoms with Gasteiger partial charge in [-0.05, 0) is 52.1 Å². The Hall–Kier alpha value is -1.36. The third kappa shape index (κ3) is 3.32.